The number of carbonyl (C=O) groups is 1. The van der Waals surface area contributed by atoms with Gasteiger partial charge in [0.25, 0.3) is 5.91 Å². The van der Waals surface area contributed by atoms with E-state index in [9.17, 15) is 4.79 Å². The van der Waals surface area contributed by atoms with Gasteiger partial charge in [0.15, 0.2) is 11.5 Å². The van der Waals surface area contributed by atoms with Crippen molar-refractivity contribution in [3.8, 4) is 17.2 Å². The number of amides is 1. The molecule has 6 nitrogen and oxygen atoms in total. The molecule has 0 bridgehead atoms. The van der Waals surface area contributed by atoms with Crippen LogP contribution in [-0.2, 0) is 0 Å². The number of halogens is 2. The third-order valence-electron chi connectivity index (χ3n) is 3.39. The highest BCUT2D eigenvalue weighted by atomic mass is 127. The third kappa shape index (κ3) is 4.58. The number of hydrazone groups is 1. The standard InChI is InChI=1S/C18H16I2N2O4/c1-10(2)26-17-13(19)5-11(6-14(17)20)8-21-22-18(23)12-3-4-15-16(7-12)25-9-24-15/h3-8,10H,9H2,1-2H3,(H,22,23)/b21-8-. The second-order valence-corrected chi connectivity index (χ2v) is 8.07. The average Bonchev–Trinajstić information content (AvgIpc) is 3.05. The van der Waals surface area contributed by atoms with Gasteiger partial charge in [-0.3, -0.25) is 4.79 Å². The van der Waals surface area contributed by atoms with Gasteiger partial charge in [0, 0.05) is 5.56 Å². The molecule has 136 valence electrons. The Morgan fingerprint density at radius 3 is 2.58 bits per heavy atom. The molecular formula is C18H16I2N2O4. The van der Waals surface area contributed by atoms with E-state index in [2.05, 4.69) is 55.7 Å². The topological polar surface area (TPSA) is 69.2 Å². The molecular weight excluding hydrogens is 562 g/mol. The van der Waals surface area contributed by atoms with Gasteiger partial charge in [0.05, 0.1) is 19.5 Å². The molecule has 26 heavy (non-hydrogen) atoms. The Bertz CT molecular complexity index is 845. The summed E-state index contributed by atoms with van der Waals surface area (Å²) in [6, 6.07) is 8.92. The molecule has 1 amide bonds. The van der Waals surface area contributed by atoms with Gasteiger partial charge in [-0.25, -0.2) is 5.43 Å². The minimum atomic E-state index is -0.316. The van der Waals surface area contributed by atoms with Crippen LogP contribution in [0.1, 0.15) is 29.8 Å². The second kappa shape index (κ2) is 8.42. The van der Waals surface area contributed by atoms with Crippen LogP contribution in [0.3, 0.4) is 0 Å². The molecule has 0 aliphatic carbocycles. The summed E-state index contributed by atoms with van der Waals surface area (Å²) in [7, 11) is 0. The summed E-state index contributed by atoms with van der Waals surface area (Å²) >= 11 is 4.46. The quantitative estimate of drug-likeness (QED) is 0.329. The van der Waals surface area contributed by atoms with E-state index >= 15 is 0 Å². The molecule has 0 spiro atoms. The summed E-state index contributed by atoms with van der Waals surface area (Å²) in [5, 5.41) is 4.04. The fraction of sp³-hybridized carbons (Fsp3) is 0.222. The maximum Gasteiger partial charge on any atom is 0.271 e. The monoisotopic (exact) mass is 578 g/mol. The number of fused-ring (bicyclic) bond motifs is 1. The molecule has 1 aliphatic rings. The SMILES string of the molecule is CC(C)Oc1c(I)cc(/C=N\NC(=O)c2ccc3c(c2)OCO3)cc1I. The van der Waals surface area contributed by atoms with E-state index in [1.165, 1.54) is 0 Å². The number of nitrogens with zero attached hydrogens (tertiary/aromatic N) is 1. The molecule has 1 aliphatic heterocycles. The highest BCUT2D eigenvalue weighted by Crippen LogP contribution is 2.32. The zero-order chi connectivity index (χ0) is 18.7. The maximum atomic E-state index is 12.2. The van der Waals surface area contributed by atoms with Gasteiger partial charge >= 0.3 is 0 Å². The number of nitrogens with one attached hydrogen (secondary N) is 1. The molecule has 3 rings (SSSR count). The van der Waals surface area contributed by atoms with E-state index in [0.717, 1.165) is 18.5 Å². The van der Waals surface area contributed by atoms with E-state index in [0.29, 0.717) is 17.1 Å². The Kier molecular flexibility index (Phi) is 6.22. The number of benzene rings is 2. The first kappa shape index (κ1) is 19.2. The third-order valence-corrected chi connectivity index (χ3v) is 4.99. The van der Waals surface area contributed by atoms with Crippen LogP contribution < -0.4 is 19.6 Å². The highest BCUT2D eigenvalue weighted by Gasteiger charge is 2.16. The highest BCUT2D eigenvalue weighted by molar-refractivity contribution is 14.1. The number of carbonyl (C=O) groups excluding carboxylic acids is 1. The van der Waals surface area contributed by atoms with Gasteiger partial charge in [-0.1, -0.05) is 0 Å². The number of hydrogen-bond donors (Lipinski definition) is 1. The van der Waals surface area contributed by atoms with Gasteiger partial charge in [-0.15, -0.1) is 0 Å². The van der Waals surface area contributed by atoms with Crippen LogP contribution >= 0.6 is 45.2 Å². The first-order valence-corrected chi connectivity index (χ1v) is 9.98. The molecule has 0 fully saturated rings. The van der Waals surface area contributed by atoms with Crippen molar-refractivity contribution in [2.24, 2.45) is 5.10 Å². The van der Waals surface area contributed by atoms with Crippen molar-refractivity contribution < 1.29 is 19.0 Å². The van der Waals surface area contributed by atoms with E-state index in [-0.39, 0.29) is 18.8 Å². The minimum Gasteiger partial charge on any atom is -0.489 e. The lowest BCUT2D eigenvalue weighted by Crippen LogP contribution is -2.17. The van der Waals surface area contributed by atoms with E-state index < -0.39 is 0 Å². The lowest BCUT2D eigenvalue weighted by molar-refractivity contribution is 0.0954. The first-order chi connectivity index (χ1) is 12.4. The van der Waals surface area contributed by atoms with Crippen LogP contribution in [0.5, 0.6) is 17.2 Å². The van der Waals surface area contributed by atoms with Gasteiger partial charge in [0.1, 0.15) is 5.75 Å². The van der Waals surface area contributed by atoms with Crippen molar-refractivity contribution in [3.05, 3.63) is 48.6 Å². The van der Waals surface area contributed by atoms with Crippen molar-refractivity contribution in [3.63, 3.8) is 0 Å². The van der Waals surface area contributed by atoms with Crippen LogP contribution in [0, 0.1) is 7.14 Å². The smallest absolute Gasteiger partial charge is 0.271 e. The Labute approximate surface area is 178 Å². The van der Waals surface area contributed by atoms with E-state index in [1.807, 2.05) is 26.0 Å². The summed E-state index contributed by atoms with van der Waals surface area (Å²) in [5.74, 6) is 1.75. The Morgan fingerprint density at radius 2 is 1.88 bits per heavy atom. The van der Waals surface area contributed by atoms with E-state index in [1.54, 1.807) is 24.4 Å². The molecule has 0 unspecified atom stereocenters. The van der Waals surface area contributed by atoms with Crippen LogP contribution in [0.25, 0.3) is 0 Å². The fourth-order valence-corrected chi connectivity index (χ4v) is 4.34. The molecule has 8 heteroatoms. The summed E-state index contributed by atoms with van der Waals surface area (Å²) < 4.78 is 18.3. The molecule has 0 aromatic heterocycles. The van der Waals surface area contributed by atoms with Gasteiger partial charge in [0.2, 0.25) is 6.79 Å². The predicted molar refractivity (Wildman–Crippen MR) is 115 cm³/mol. The van der Waals surface area contributed by atoms with Crippen LogP contribution in [-0.4, -0.2) is 25.0 Å². The van der Waals surface area contributed by atoms with Crippen molar-refractivity contribution in [1.82, 2.24) is 5.43 Å². The van der Waals surface area contributed by atoms with Gasteiger partial charge in [-0.2, -0.15) is 5.10 Å². The van der Waals surface area contributed by atoms with Crippen LogP contribution in [0.4, 0.5) is 0 Å². The lowest BCUT2D eigenvalue weighted by atomic mass is 10.2. The zero-order valence-corrected chi connectivity index (χ0v) is 18.4. The largest absolute Gasteiger partial charge is 0.489 e. The normalized spacial score (nSPS) is 12.7. The number of hydrogen-bond acceptors (Lipinski definition) is 5. The van der Waals surface area contributed by atoms with Crippen molar-refractivity contribution in [1.29, 1.82) is 0 Å². The van der Waals surface area contributed by atoms with Crippen molar-refractivity contribution >= 4 is 57.3 Å². The Balaban J connectivity index is 1.67. The number of ether oxygens (including phenoxy) is 3. The van der Waals surface area contributed by atoms with Crippen LogP contribution in [0.2, 0.25) is 0 Å². The molecule has 0 saturated heterocycles. The van der Waals surface area contributed by atoms with Crippen molar-refractivity contribution in [2.75, 3.05) is 6.79 Å². The molecule has 0 atom stereocenters. The predicted octanol–water partition coefficient (Wildman–Crippen LogP) is 4.18. The zero-order valence-electron chi connectivity index (χ0n) is 14.1. The Morgan fingerprint density at radius 1 is 1.19 bits per heavy atom. The summed E-state index contributed by atoms with van der Waals surface area (Å²) in [6.45, 7) is 4.16. The lowest BCUT2D eigenvalue weighted by Gasteiger charge is -2.14. The van der Waals surface area contributed by atoms with Gasteiger partial charge < -0.3 is 14.2 Å². The summed E-state index contributed by atoms with van der Waals surface area (Å²) in [4.78, 5) is 12.2. The average molecular weight is 578 g/mol. The molecule has 2 aromatic carbocycles. The molecule has 1 N–H and O–H groups in total. The maximum absolute atomic E-state index is 12.2. The minimum absolute atomic E-state index is 0.109. The molecule has 1 heterocycles. The first-order valence-electron chi connectivity index (χ1n) is 7.83. The summed E-state index contributed by atoms with van der Waals surface area (Å²) in [6.07, 6.45) is 1.71. The van der Waals surface area contributed by atoms with Crippen molar-refractivity contribution in [2.45, 2.75) is 20.0 Å². The second-order valence-electron chi connectivity index (χ2n) is 5.75. The van der Waals surface area contributed by atoms with Gasteiger partial charge in [-0.05, 0) is 94.9 Å². The molecule has 2 aromatic rings. The Hall–Kier alpha value is -1.56. The fourth-order valence-electron chi connectivity index (χ4n) is 2.27. The summed E-state index contributed by atoms with van der Waals surface area (Å²) in [5.41, 5.74) is 3.85. The number of rotatable bonds is 5. The molecule has 0 radical (unpaired) electrons. The van der Waals surface area contributed by atoms with Crippen LogP contribution in [0.15, 0.2) is 35.4 Å². The van der Waals surface area contributed by atoms with E-state index in [4.69, 9.17) is 14.2 Å². The molecule has 0 saturated carbocycles.